The molecule has 0 radical (unpaired) electrons. The monoisotopic (exact) mass is 207 g/mol. The number of rotatable bonds is 0. The molecule has 1 aliphatic heterocycles. The lowest BCUT2D eigenvalue weighted by molar-refractivity contribution is 0.617. The molecule has 0 saturated heterocycles. The van der Waals surface area contributed by atoms with Crippen LogP contribution in [0.25, 0.3) is 6.08 Å². The van der Waals surface area contributed by atoms with Crippen LogP contribution in [0, 0.1) is 5.92 Å². The van der Waals surface area contributed by atoms with E-state index in [1.54, 1.807) is 12.4 Å². The zero-order valence-electron chi connectivity index (χ0n) is 9.07. The highest BCUT2D eigenvalue weighted by Crippen LogP contribution is 2.02. The molecule has 0 aromatic carbocycles. The SMILES string of the molecule is C.CC.CC1CC=c2nccnc2=NC1. The Morgan fingerprint density at radius 3 is 2.60 bits per heavy atom. The van der Waals surface area contributed by atoms with Crippen molar-refractivity contribution < 1.29 is 0 Å². The summed E-state index contributed by atoms with van der Waals surface area (Å²) in [5.41, 5.74) is 0.793. The first-order valence-corrected chi connectivity index (χ1v) is 5.18. The van der Waals surface area contributed by atoms with Crippen LogP contribution in [0.1, 0.15) is 34.6 Å². The van der Waals surface area contributed by atoms with Crippen LogP contribution in [-0.2, 0) is 0 Å². The fourth-order valence-corrected chi connectivity index (χ4v) is 1.24. The number of nitrogens with zero attached hydrogens (tertiary/aromatic N) is 3. The molecular formula is C12H21N3. The molecule has 0 fully saturated rings. The standard InChI is InChI=1S/C9H11N3.C2H6.CH4/c1-7-2-3-8-9(12-6-7)11-5-4-10-8;1-2;/h3-5,7H,2,6H2,1H3;1-2H3;1H4. The molecule has 1 aliphatic rings. The van der Waals surface area contributed by atoms with Crippen molar-refractivity contribution >= 4 is 6.08 Å². The van der Waals surface area contributed by atoms with E-state index in [9.17, 15) is 0 Å². The van der Waals surface area contributed by atoms with Gasteiger partial charge >= 0.3 is 0 Å². The minimum atomic E-state index is 0. The van der Waals surface area contributed by atoms with Crippen molar-refractivity contribution in [3.8, 4) is 0 Å². The van der Waals surface area contributed by atoms with E-state index in [1.165, 1.54) is 0 Å². The van der Waals surface area contributed by atoms with Crippen LogP contribution >= 0.6 is 0 Å². The summed E-state index contributed by atoms with van der Waals surface area (Å²) in [6.07, 6.45) is 6.56. The van der Waals surface area contributed by atoms with Gasteiger partial charge in [0.2, 0.25) is 0 Å². The second kappa shape index (κ2) is 7.10. The molecule has 0 bridgehead atoms. The zero-order valence-corrected chi connectivity index (χ0v) is 9.07. The summed E-state index contributed by atoms with van der Waals surface area (Å²) in [4.78, 5) is 12.7. The number of fused-ring (bicyclic) bond motifs is 1. The zero-order chi connectivity index (χ0) is 10.4. The number of hydrogen-bond acceptors (Lipinski definition) is 3. The van der Waals surface area contributed by atoms with Crippen LogP contribution in [0.15, 0.2) is 17.4 Å². The summed E-state index contributed by atoms with van der Waals surface area (Å²) in [5.74, 6) is 0.612. The average molecular weight is 207 g/mol. The predicted molar refractivity (Wildman–Crippen MR) is 64.0 cm³/mol. The first kappa shape index (κ1) is 13.8. The Hall–Kier alpha value is -1.25. The Bertz CT molecular complexity index is 347. The third-order valence-electron chi connectivity index (χ3n) is 1.97. The second-order valence-electron chi connectivity index (χ2n) is 3.15. The first-order chi connectivity index (χ1) is 6.86. The van der Waals surface area contributed by atoms with Crippen molar-refractivity contribution in [1.29, 1.82) is 0 Å². The smallest absolute Gasteiger partial charge is 0.173 e. The van der Waals surface area contributed by atoms with Crippen LogP contribution in [0.2, 0.25) is 0 Å². The highest BCUT2D eigenvalue weighted by Gasteiger charge is 2.02. The fourth-order valence-electron chi connectivity index (χ4n) is 1.24. The Morgan fingerprint density at radius 1 is 1.20 bits per heavy atom. The fraction of sp³-hybridized carbons (Fsp3) is 0.583. The lowest BCUT2D eigenvalue weighted by atomic mass is 10.1. The average Bonchev–Trinajstić information content (AvgIpc) is 2.45. The van der Waals surface area contributed by atoms with Crippen molar-refractivity contribution in [2.24, 2.45) is 10.9 Å². The molecule has 2 heterocycles. The van der Waals surface area contributed by atoms with E-state index in [1.807, 2.05) is 13.8 Å². The van der Waals surface area contributed by atoms with Gasteiger partial charge in [0.1, 0.15) is 5.35 Å². The van der Waals surface area contributed by atoms with Crippen LogP contribution in [0.3, 0.4) is 0 Å². The quantitative estimate of drug-likeness (QED) is 0.648. The summed E-state index contributed by atoms with van der Waals surface area (Å²) in [6.45, 7) is 7.05. The van der Waals surface area contributed by atoms with Gasteiger partial charge in [0.15, 0.2) is 5.49 Å². The maximum atomic E-state index is 4.36. The molecule has 1 unspecified atom stereocenters. The van der Waals surface area contributed by atoms with Gasteiger partial charge in [0.25, 0.3) is 0 Å². The largest absolute Gasteiger partial charge is 0.265 e. The molecule has 2 rings (SSSR count). The Kier molecular flexibility index (Phi) is 6.50. The lowest BCUT2D eigenvalue weighted by Gasteiger charge is -1.99. The maximum Gasteiger partial charge on any atom is 0.173 e. The summed E-state index contributed by atoms with van der Waals surface area (Å²) in [5, 5.41) is 0.932. The molecule has 1 atom stereocenters. The summed E-state index contributed by atoms with van der Waals surface area (Å²) in [7, 11) is 0. The van der Waals surface area contributed by atoms with Crippen molar-refractivity contribution in [1.82, 2.24) is 9.97 Å². The van der Waals surface area contributed by atoms with Gasteiger partial charge in [-0.2, -0.15) is 0 Å². The van der Waals surface area contributed by atoms with Gasteiger partial charge in [-0.15, -0.1) is 0 Å². The van der Waals surface area contributed by atoms with Crippen molar-refractivity contribution in [3.63, 3.8) is 0 Å². The number of aromatic nitrogens is 2. The van der Waals surface area contributed by atoms with E-state index in [4.69, 9.17) is 0 Å². The molecule has 1 aromatic rings. The van der Waals surface area contributed by atoms with Crippen LogP contribution in [0.4, 0.5) is 0 Å². The van der Waals surface area contributed by atoms with E-state index in [0.717, 1.165) is 23.8 Å². The molecule has 0 aliphatic carbocycles. The van der Waals surface area contributed by atoms with E-state index >= 15 is 0 Å². The molecule has 1 aromatic heterocycles. The van der Waals surface area contributed by atoms with Gasteiger partial charge in [-0.25, -0.2) is 4.98 Å². The topological polar surface area (TPSA) is 38.1 Å². The summed E-state index contributed by atoms with van der Waals surface area (Å²) >= 11 is 0. The third-order valence-corrected chi connectivity index (χ3v) is 1.97. The minimum absolute atomic E-state index is 0. The highest BCUT2D eigenvalue weighted by atomic mass is 14.9. The molecule has 0 N–H and O–H groups in total. The molecule has 3 heteroatoms. The minimum Gasteiger partial charge on any atom is -0.265 e. The molecule has 0 saturated carbocycles. The lowest BCUT2D eigenvalue weighted by Crippen LogP contribution is -2.30. The van der Waals surface area contributed by atoms with Crippen LogP contribution in [-0.4, -0.2) is 16.5 Å². The number of hydrogen-bond donors (Lipinski definition) is 0. The third kappa shape index (κ3) is 3.78. The highest BCUT2D eigenvalue weighted by molar-refractivity contribution is 5.18. The van der Waals surface area contributed by atoms with Gasteiger partial charge in [-0.3, -0.25) is 9.98 Å². The van der Waals surface area contributed by atoms with E-state index in [-0.39, 0.29) is 7.43 Å². The van der Waals surface area contributed by atoms with Crippen molar-refractivity contribution in [3.05, 3.63) is 23.2 Å². The molecule has 0 amide bonds. The van der Waals surface area contributed by atoms with Crippen LogP contribution in [0.5, 0.6) is 0 Å². The second-order valence-corrected chi connectivity index (χ2v) is 3.15. The van der Waals surface area contributed by atoms with E-state index in [0.29, 0.717) is 5.92 Å². The molecule has 3 nitrogen and oxygen atoms in total. The van der Waals surface area contributed by atoms with Crippen LogP contribution < -0.4 is 10.8 Å². The summed E-state index contributed by atoms with van der Waals surface area (Å²) in [6, 6.07) is 0. The van der Waals surface area contributed by atoms with Crippen molar-refractivity contribution in [2.45, 2.75) is 34.6 Å². The molecule has 84 valence electrons. The van der Waals surface area contributed by atoms with Gasteiger partial charge in [0, 0.05) is 18.9 Å². The van der Waals surface area contributed by atoms with Gasteiger partial charge in [-0.05, 0) is 12.3 Å². The Balaban J connectivity index is 0.000000617. The van der Waals surface area contributed by atoms with Crippen molar-refractivity contribution in [2.75, 3.05) is 6.54 Å². The Morgan fingerprint density at radius 2 is 1.87 bits per heavy atom. The van der Waals surface area contributed by atoms with Gasteiger partial charge < -0.3 is 0 Å². The molecule has 0 spiro atoms. The van der Waals surface area contributed by atoms with E-state index in [2.05, 4.69) is 28.0 Å². The first-order valence-electron chi connectivity index (χ1n) is 5.18. The predicted octanol–water partition coefficient (Wildman–Crippen LogP) is 1.58. The Labute approximate surface area is 92.0 Å². The summed E-state index contributed by atoms with van der Waals surface area (Å²) < 4.78 is 0. The molecule has 15 heavy (non-hydrogen) atoms. The van der Waals surface area contributed by atoms with Gasteiger partial charge in [0.05, 0.1) is 0 Å². The normalized spacial score (nSPS) is 17.7. The molecular weight excluding hydrogens is 186 g/mol. The van der Waals surface area contributed by atoms with E-state index < -0.39 is 0 Å². The van der Waals surface area contributed by atoms with Gasteiger partial charge in [-0.1, -0.05) is 34.3 Å². The maximum absolute atomic E-state index is 4.36.